The lowest BCUT2D eigenvalue weighted by atomic mass is 10.2. The first-order valence-corrected chi connectivity index (χ1v) is 9.58. The van der Waals surface area contributed by atoms with E-state index in [2.05, 4.69) is 0 Å². The van der Waals surface area contributed by atoms with Crippen molar-refractivity contribution in [2.45, 2.75) is 26.1 Å². The molecule has 2 heterocycles. The Morgan fingerprint density at radius 3 is 2.46 bits per heavy atom. The molecule has 2 atom stereocenters. The molecule has 0 saturated carbocycles. The van der Waals surface area contributed by atoms with Crippen molar-refractivity contribution in [2.75, 3.05) is 19.7 Å². The zero-order chi connectivity index (χ0) is 18.7. The van der Waals surface area contributed by atoms with Crippen molar-refractivity contribution >= 4 is 34.8 Å². The Hall–Kier alpha value is -1.89. The zero-order valence-electron chi connectivity index (χ0n) is 14.6. The molecule has 1 amide bonds. The summed E-state index contributed by atoms with van der Waals surface area (Å²) in [5.41, 5.74) is 0.978. The molecule has 2 aromatic rings. The Morgan fingerprint density at radius 2 is 1.81 bits per heavy atom. The fourth-order valence-corrected chi connectivity index (χ4v) is 3.92. The molecule has 1 aliphatic heterocycles. The standard InChI is InChI=1S/C19H20ClNO4S/c1-12-9-21(10-13(2)25-12)18(22)11-24-19(23)17-8-7-16(26-17)14-3-5-15(20)6-4-14/h3-8,12-13H,9-11H2,1-2H3/t12-,13+. The van der Waals surface area contributed by atoms with Crippen LogP contribution in [0.1, 0.15) is 23.5 Å². The van der Waals surface area contributed by atoms with Gasteiger partial charge in [0, 0.05) is 23.0 Å². The van der Waals surface area contributed by atoms with Gasteiger partial charge in [0.05, 0.1) is 12.2 Å². The third-order valence-electron chi connectivity index (χ3n) is 4.03. The number of carbonyl (C=O) groups is 2. The van der Waals surface area contributed by atoms with E-state index in [0.717, 1.165) is 10.4 Å². The van der Waals surface area contributed by atoms with Crippen LogP contribution in [0.15, 0.2) is 36.4 Å². The van der Waals surface area contributed by atoms with E-state index in [1.165, 1.54) is 11.3 Å². The predicted octanol–water partition coefficient (Wildman–Crippen LogP) is 3.86. The second-order valence-electron chi connectivity index (χ2n) is 6.30. The first kappa shape index (κ1) is 18.9. The van der Waals surface area contributed by atoms with Crippen molar-refractivity contribution in [1.82, 2.24) is 4.90 Å². The lowest BCUT2D eigenvalue weighted by Crippen LogP contribution is -2.49. The van der Waals surface area contributed by atoms with Crippen LogP contribution >= 0.6 is 22.9 Å². The summed E-state index contributed by atoms with van der Waals surface area (Å²) in [5, 5.41) is 0.662. The number of hydrogen-bond acceptors (Lipinski definition) is 5. The Bertz CT molecular complexity index is 779. The SMILES string of the molecule is C[C@@H]1CN(C(=O)COC(=O)c2ccc(-c3ccc(Cl)cc3)s2)C[C@H](C)O1. The van der Waals surface area contributed by atoms with Crippen LogP contribution in [0, 0.1) is 0 Å². The summed E-state index contributed by atoms with van der Waals surface area (Å²) in [7, 11) is 0. The molecule has 1 fully saturated rings. The topological polar surface area (TPSA) is 55.8 Å². The maximum absolute atomic E-state index is 12.3. The van der Waals surface area contributed by atoms with Gasteiger partial charge in [-0.3, -0.25) is 4.79 Å². The van der Waals surface area contributed by atoms with E-state index in [9.17, 15) is 9.59 Å². The number of esters is 1. The largest absolute Gasteiger partial charge is 0.451 e. The number of thiophene rings is 1. The van der Waals surface area contributed by atoms with E-state index in [4.69, 9.17) is 21.1 Å². The van der Waals surface area contributed by atoms with Gasteiger partial charge in [0.15, 0.2) is 6.61 Å². The number of halogens is 1. The molecule has 7 heteroatoms. The first-order chi connectivity index (χ1) is 12.4. The molecule has 1 saturated heterocycles. The predicted molar refractivity (Wildman–Crippen MR) is 102 cm³/mol. The smallest absolute Gasteiger partial charge is 0.348 e. The molecule has 0 radical (unpaired) electrons. The molecule has 0 bridgehead atoms. The maximum Gasteiger partial charge on any atom is 0.348 e. The van der Waals surface area contributed by atoms with Crippen molar-refractivity contribution in [1.29, 1.82) is 0 Å². The van der Waals surface area contributed by atoms with E-state index in [0.29, 0.717) is 23.0 Å². The molecule has 1 aromatic heterocycles. The Labute approximate surface area is 161 Å². The van der Waals surface area contributed by atoms with Gasteiger partial charge in [-0.15, -0.1) is 11.3 Å². The normalized spacial score (nSPS) is 20.0. The summed E-state index contributed by atoms with van der Waals surface area (Å²) in [6.45, 7) is 4.62. The van der Waals surface area contributed by atoms with Crippen molar-refractivity contribution in [3.8, 4) is 10.4 Å². The third-order valence-corrected chi connectivity index (χ3v) is 5.40. The van der Waals surface area contributed by atoms with Crippen LogP contribution in [-0.4, -0.2) is 48.7 Å². The van der Waals surface area contributed by atoms with Gasteiger partial charge in [0.2, 0.25) is 0 Å². The summed E-state index contributed by atoms with van der Waals surface area (Å²) in [6, 6.07) is 11.0. The highest BCUT2D eigenvalue weighted by Crippen LogP contribution is 2.29. The number of benzene rings is 1. The molecular weight excluding hydrogens is 374 g/mol. The molecule has 1 aliphatic rings. The van der Waals surface area contributed by atoms with Gasteiger partial charge in [-0.05, 0) is 43.7 Å². The molecule has 1 aromatic carbocycles. The Morgan fingerprint density at radius 1 is 1.15 bits per heavy atom. The fraction of sp³-hybridized carbons (Fsp3) is 0.368. The van der Waals surface area contributed by atoms with Crippen molar-refractivity contribution in [2.24, 2.45) is 0 Å². The first-order valence-electron chi connectivity index (χ1n) is 8.38. The van der Waals surface area contributed by atoms with E-state index >= 15 is 0 Å². The minimum Gasteiger partial charge on any atom is -0.451 e. The van der Waals surface area contributed by atoms with Gasteiger partial charge in [0.1, 0.15) is 4.88 Å². The van der Waals surface area contributed by atoms with Crippen LogP contribution in [0.4, 0.5) is 0 Å². The highest BCUT2D eigenvalue weighted by Gasteiger charge is 2.26. The molecule has 0 aliphatic carbocycles. The van der Waals surface area contributed by atoms with Gasteiger partial charge in [0.25, 0.3) is 5.91 Å². The van der Waals surface area contributed by atoms with Crippen molar-refractivity contribution < 1.29 is 19.1 Å². The number of rotatable bonds is 4. The highest BCUT2D eigenvalue weighted by molar-refractivity contribution is 7.17. The van der Waals surface area contributed by atoms with Crippen LogP contribution in [0.2, 0.25) is 5.02 Å². The van der Waals surface area contributed by atoms with E-state index in [1.54, 1.807) is 23.1 Å². The second kappa shape index (κ2) is 8.20. The molecule has 0 spiro atoms. The summed E-state index contributed by atoms with van der Waals surface area (Å²) in [6.07, 6.45) is -0.0322. The zero-order valence-corrected chi connectivity index (χ0v) is 16.2. The van der Waals surface area contributed by atoms with Crippen LogP contribution in [0.25, 0.3) is 10.4 Å². The Balaban J connectivity index is 1.57. The third kappa shape index (κ3) is 4.63. The quantitative estimate of drug-likeness (QED) is 0.740. The summed E-state index contributed by atoms with van der Waals surface area (Å²) in [5.74, 6) is -0.687. The number of morpholine rings is 1. The minimum absolute atomic E-state index is 0.0161. The molecule has 26 heavy (non-hydrogen) atoms. The van der Waals surface area contributed by atoms with Crippen LogP contribution < -0.4 is 0 Å². The van der Waals surface area contributed by atoms with Gasteiger partial charge >= 0.3 is 5.97 Å². The number of ether oxygens (including phenoxy) is 2. The average Bonchev–Trinajstić information content (AvgIpc) is 3.09. The minimum atomic E-state index is -0.488. The second-order valence-corrected chi connectivity index (χ2v) is 7.82. The summed E-state index contributed by atoms with van der Waals surface area (Å²) < 4.78 is 10.8. The van der Waals surface area contributed by atoms with Crippen LogP contribution in [0.3, 0.4) is 0 Å². The van der Waals surface area contributed by atoms with E-state index in [-0.39, 0.29) is 24.7 Å². The van der Waals surface area contributed by atoms with E-state index in [1.807, 2.05) is 32.0 Å². The highest BCUT2D eigenvalue weighted by atomic mass is 35.5. The number of hydrogen-bond donors (Lipinski definition) is 0. The lowest BCUT2D eigenvalue weighted by molar-refractivity contribution is -0.146. The van der Waals surface area contributed by atoms with Crippen molar-refractivity contribution in [3.63, 3.8) is 0 Å². The Kier molecular flexibility index (Phi) is 5.96. The van der Waals surface area contributed by atoms with Crippen LogP contribution in [0.5, 0.6) is 0 Å². The van der Waals surface area contributed by atoms with Gasteiger partial charge in [-0.1, -0.05) is 23.7 Å². The maximum atomic E-state index is 12.3. The lowest BCUT2D eigenvalue weighted by Gasteiger charge is -2.35. The molecule has 138 valence electrons. The van der Waals surface area contributed by atoms with Gasteiger partial charge in [-0.25, -0.2) is 4.79 Å². The summed E-state index contributed by atoms with van der Waals surface area (Å²) in [4.78, 5) is 27.6. The number of nitrogens with zero attached hydrogens (tertiary/aromatic N) is 1. The average molecular weight is 394 g/mol. The molecule has 3 rings (SSSR count). The molecular formula is C19H20ClNO4S. The number of amides is 1. The molecule has 0 unspecified atom stereocenters. The van der Waals surface area contributed by atoms with Crippen LogP contribution in [-0.2, 0) is 14.3 Å². The van der Waals surface area contributed by atoms with E-state index < -0.39 is 5.97 Å². The van der Waals surface area contributed by atoms with Gasteiger partial charge in [-0.2, -0.15) is 0 Å². The molecule has 5 nitrogen and oxygen atoms in total. The summed E-state index contributed by atoms with van der Waals surface area (Å²) >= 11 is 7.22. The fourth-order valence-electron chi connectivity index (χ4n) is 2.89. The molecule has 0 N–H and O–H groups in total. The number of carbonyl (C=O) groups excluding carboxylic acids is 2. The monoisotopic (exact) mass is 393 g/mol. The van der Waals surface area contributed by atoms with Crippen molar-refractivity contribution in [3.05, 3.63) is 46.3 Å². The van der Waals surface area contributed by atoms with Gasteiger partial charge < -0.3 is 14.4 Å².